The summed E-state index contributed by atoms with van der Waals surface area (Å²) in [4.78, 5) is 14.6. The summed E-state index contributed by atoms with van der Waals surface area (Å²) in [6.45, 7) is 0. The highest BCUT2D eigenvalue weighted by Crippen LogP contribution is 2.40. The van der Waals surface area contributed by atoms with E-state index in [1.807, 2.05) is 0 Å². The molecule has 1 heterocycles. The molecular formula is C10H8F5NO4. The molecule has 0 amide bonds. The molecule has 20 heavy (non-hydrogen) atoms. The Morgan fingerprint density at radius 3 is 2.30 bits per heavy atom. The molecule has 0 aromatic carbocycles. The van der Waals surface area contributed by atoms with Crippen molar-refractivity contribution in [2.45, 2.75) is 12.8 Å². The minimum absolute atomic E-state index is 0.646. The molecule has 1 aromatic rings. The van der Waals surface area contributed by atoms with Gasteiger partial charge in [-0.2, -0.15) is 0 Å². The van der Waals surface area contributed by atoms with Crippen molar-refractivity contribution in [1.29, 1.82) is 0 Å². The van der Waals surface area contributed by atoms with E-state index in [-0.39, 0.29) is 0 Å². The lowest BCUT2D eigenvalue weighted by molar-refractivity contribution is -0.275. The molecule has 1 rings (SSSR count). The minimum atomic E-state index is -5.29. The van der Waals surface area contributed by atoms with Crippen molar-refractivity contribution in [3.8, 4) is 11.5 Å². The standard InChI is InChI=1S/C10H8F5NO4/c1-18-4-3-16-6(9(17)19-2)7(5(4)8(11)12)20-10(13,14)15/h3,8H,1-2H3. The van der Waals surface area contributed by atoms with Crippen molar-refractivity contribution in [2.24, 2.45) is 0 Å². The maximum atomic E-state index is 12.9. The van der Waals surface area contributed by atoms with Crippen LogP contribution in [0.3, 0.4) is 0 Å². The number of hydrogen-bond acceptors (Lipinski definition) is 5. The van der Waals surface area contributed by atoms with Crippen LogP contribution in [0, 0.1) is 0 Å². The average Bonchev–Trinajstić information content (AvgIpc) is 2.34. The molecular weight excluding hydrogens is 293 g/mol. The molecule has 5 nitrogen and oxygen atoms in total. The molecule has 0 saturated heterocycles. The Morgan fingerprint density at radius 1 is 1.30 bits per heavy atom. The third kappa shape index (κ3) is 3.45. The average molecular weight is 301 g/mol. The maximum Gasteiger partial charge on any atom is 0.573 e. The Morgan fingerprint density at radius 2 is 1.90 bits per heavy atom. The quantitative estimate of drug-likeness (QED) is 0.632. The van der Waals surface area contributed by atoms with Crippen molar-refractivity contribution >= 4 is 5.97 Å². The maximum absolute atomic E-state index is 12.9. The molecule has 1 aromatic heterocycles. The first-order chi connectivity index (χ1) is 9.21. The first-order valence-corrected chi connectivity index (χ1v) is 4.90. The topological polar surface area (TPSA) is 57.7 Å². The van der Waals surface area contributed by atoms with E-state index in [0.29, 0.717) is 6.20 Å². The zero-order chi connectivity index (χ0) is 15.5. The van der Waals surface area contributed by atoms with Crippen LogP contribution in [0.1, 0.15) is 22.5 Å². The number of carbonyl (C=O) groups is 1. The fraction of sp³-hybridized carbons (Fsp3) is 0.400. The highest BCUT2D eigenvalue weighted by Gasteiger charge is 2.38. The van der Waals surface area contributed by atoms with Crippen LogP contribution in [-0.2, 0) is 4.74 Å². The van der Waals surface area contributed by atoms with Crippen LogP contribution in [0.25, 0.3) is 0 Å². The van der Waals surface area contributed by atoms with Crippen LogP contribution in [0.15, 0.2) is 6.20 Å². The Balaban J connectivity index is 3.54. The van der Waals surface area contributed by atoms with Crippen LogP contribution in [0.4, 0.5) is 22.0 Å². The Bertz CT molecular complexity index is 503. The second-order valence-electron chi connectivity index (χ2n) is 3.26. The lowest BCUT2D eigenvalue weighted by Crippen LogP contribution is -2.21. The van der Waals surface area contributed by atoms with Crippen LogP contribution in [0.2, 0.25) is 0 Å². The van der Waals surface area contributed by atoms with Gasteiger partial charge in [-0.25, -0.2) is 18.6 Å². The van der Waals surface area contributed by atoms with Gasteiger partial charge in [-0.15, -0.1) is 13.2 Å². The van der Waals surface area contributed by atoms with E-state index < -0.39 is 41.5 Å². The van der Waals surface area contributed by atoms with Crippen molar-refractivity contribution in [2.75, 3.05) is 14.2 Å². The smallest absolute Gasteiger partial charge is 0.494 e. The fourth-order valence-electron chi connectivity index (χ4n) is 1.32. The van der Waals surface area contributed by atoms with E-state index in [9.17, 15) is 26.7 Å². The van der Waals surface area contributed by atoms with Crippen molar-refractivity contribution in [3.05, 3.63) is 17.5 Å². The number of alkyl halides is 5. The molecule has 0 bridgehead atoms. The minimum Gasteiger partial charge on any atom is -0.494 e. The number of carbonyl (C=O) groups excluding carboxylic acids is 1. The highest BCUT2D eigenvalue weighted by molar-refractivity contribution is 5.91. The van der Waals surface area contributed by atoms with Crippen LogP contribution in [0.5, 0.6) is 11.5 Å². The van der Waals surface area contributed by atoms with Gasteiger partial charge in [0.15, 0.2) is 11.4 Å². The van der Waals surface area contributed by atoms with Gasteiger partial charge in [-0.05, 0) is 0 Å². The van der Waals surface area contributed by atoms with Crippen molar-refractivity contribution < 1.29 is 41.0 Å². The summed E-state index contributed by atoms with van der Waals surface area (Å²) in [5, 5.41) is 0. The summed E-state index contributed by atoms with van der Waals surface area (Å²) in [5.41, 5.74) is -2.26. The molecule has 0 atom stereocenters. The summed E-state index contributed by atoms with van der Waals surface area (Å²) < 4.78 is 74.7. The fourth-order valence-corrected chi connectivity index (χ4v) is 1.32. The normalized spacial score (nSPS) is 11.4. The van der Waals surface area contributed by atoms with Gasteiger partial charge in [0.25, 0.3) is 6.43 Å². The second kappa shape index (κ2) is 5.88. The van der Waals surface area contributed by atoms with Gasteiger partial charge in [0, 0.05) is 0 Å². The summed E-state index contributed by atoms with van der Waals surface area (Å²) >= 11 is 0. The second-order valence-corrected chi connectivity index (χ2v) is 3.26. The monoisotopic (exact) mass is 301 g/mol. The summed E-state index contributed by atoms with van der Waals surface area (Å²) in [6.07, 6.45) is -7.99. The van der Waals surface area contributed by atoms with Crippen LogP contribution >= 0.6 is 0 Å². The molecule has 0 saturated carbocycles. The third-order valence-electron chi connectivity index (χ3n) is 2.07. The molecule has 0 radical (unpaired) electrons. The van der Waals surface area contributed by atoms with Gasteiger partial charge in [0.05, 0.1) is 20.4 Å². The van der Waals surface area contributed by atoms with Gasteiger partial charge >= 0.3 is 12.3 Å². The predicted molar refractivity (Wildman–Crippen MR) is 53.8 cm³/mol. The number of pyridine rings is 1. The van der Waals surface area contributed by atoms with Crippen molar-refractivity contribution in [3.63, 3.8) is 0 Å². The lowest BCUT2D eigenvalue weighted by atomic mass is 10.2. The van der Waals surface area contributed by atoms with Gasteiger partial charge in [-0.3, -0.25) is 0 Å². The Kier molecular flexibility index (Phi) is 4.69. The zero-order valence-corrected chi connectivity index (χ0v) is 10.1. The lowest BCUT2D eigenvalue weighted by Gasteiger charge is -2.17. The van der Waals surface area contributed by atoms with E-state index in [1.54, 1.807) is 0 Å². The SMILES string of the molecule is COC(=O)c1ncc(OC)c(C(F)F)c1OC(F)(F)F. The Labute approximate surface area is 109 Å². The number of rotatable bonds is 4. The van der Waals surface area contributed by atoms with Crippen LogP contribution < -0.4 is 9.47 Å². The number of nitrogens with zero attached hydrogens (tertiary/aromatic N) is 1. The molecule has 0 fully saturated rings. The van der Waals surface area contributed by atoms with E-state index in [2.05, 4.69) is 19.2 Å². The van der Waals surface area contributed by atoms with Gasteiger partial charge in [0.2, 0.25) is 0 Å². The third-order valence-corrected chi connectivity index (χ3v) is 2.07. The number of methoxy groups -OCH3 is 2. The number of aromatic nitrogens is 1. The molecule has 112 valence electrons. The molecule has 0 aliphatic heterocycles. The first kappa shape index (κ1) is 15.9. The molecule has 10 heteroatoms. The number of ether oxygens (including phenoxy) is 3. The van der Waals surface area contributed by atoms with E-state index in [1.165, 1.54) is 0 Å². The molecule has 0 aliphatic rings. The zero-order valence-electron chi connectivity index (χ0n) is 10.1. The molecule has 0 unspecified atom stereocenters. The Hall–Kier alpha value is -2.13. The van der Waals surface area contributed by atoms with Crippen molar-refractivity contribution in [1.82, 2.24) is 4.98 Å². The number of esters is 1. The summed E-state index contributed by atoms with van der Waals surface area (Å²) in [6, 6.07) is 0. The van der Waals surface area contributed by atoms with E-state index in [4.69, 9.17) is 0 Å². The molecule has 0 N–H and O–H groups in total. The predicted octanol–water partition coefficient (Wildman–Crippen LogP) is 2.71. The van der Waals surface area contributed by atoms with Gasteiger partial charge in [0.1, 0.15) is 11.3 Å². The largest absolute Gasteiger partial charge is 0.573 e. The number of hydrogen-bond donors (Lipinski definition) is 0. The molecule has 0 spiro atoms. The van der Waals surface area contributed by atoms with E-state index >= 15 is 0 Å². The van der Waals surface area contributed by atoms with E-state index in [0.717, 1.165) is 14.2 Å². The first-order valence-electron chi connectivity index (χ1n) is 4.90. The highest BCUT2D eigenvalue weighted by atomic mass is 19.4. The van der Waals surface area contributed by atoms with Crippen LogP contribution in [-0.4, -0.2) is 31.5 Å². The molecule has 0 aliphatic carbocycles. The van der Waals surface area contributed by atoms with Gasteiger partial charge in [-0.1, -0.05) is 0 Å². The van der Waals surface area contributed by atoms with Gasteiger partial charge < -0.3 is 14.2 Å². The number of halogens is 5. The summed E-state index contributed by atoms with van der Waals surface area (Å²) in [5.74, 6) is -3.44. The summed E-state index contributed by atoms with van der Waals surface area (Å²) in [7, 11) is 1.81.